The normalized spacial score (nSPS) is 12.4. The number of ether oxygens (including phenoxy) is 1. The molecule has 1 unspecified atom stereocenters. The Morgan fingerprint density at radius 2 is 2.26 bits per heavy atom. The molecule has 2 N–H and O–H groups in total. The molecule has 0 saturated heterocycles. The van der Waals surface area contributed by atoms with Gasteiger partial charge in [0, 0.05) is 6.07 Å². The minimum Gasteiger partial charge on any atom is -0.494 e. The van der Waals surface area contributed by atoms with Gasteiger partial charge in [-0.25, -0.2) is 9.07 Å². The van der Waals surface area contributed by atoms with Gasteiger partial charge < -0.3 is 10.5 Å². The molecule has 1 aromatic heterocycles. The van der Waals surface area contributed by atoms with E-state index >= 15 is 0 Å². The smallest absolute Gasteiger partial charge is 0.165 e. The van der Waals surface area contributed by atoms with E-state index in [1.165, 1.54) is 13.2 Å². The molecule has 0 aliphatic carbocycles. The first kappa shape index (κ1) is 13.5. The Bertz CT molecular complexity index is 555. The SMILES string of the molecule is CCCC(N)c1cn(-c2ccc(F)c(OC)c2)nn1. The molecule has 0 fully saturated rings. The van der Waals surface area contributed by atoms with Crippen LogP contribution in [0.3, 0.4) is 0 Å². The maximum atomic E-state index is 13.3. The lowest BCUT2D eigenvalue weighted by Gasteiger charge is -2.06. The quantitative estimate of drug-likeness (QED) is 0.899. The fourth-order valence-electron chi connectivity index (χ4n) is 1.82. The van der Waals surface area contributed by atoms with Crippen LogP contribution in [0.15, 0.2) is 24.4 Å². The number of rotatable bonds is 5. The highest BCUT2D eigenvalue weighted by Crippen LogP contribution is 2.21. The first-order valence-electron chi connectivity index (χ1n) is 6.17. The third-order valence-electron chi connectivity index (χ3n) is 2.89. The van der Waals surface area contributed by atoms with Crippen LogP contribution < -0.4 is 10.5 Å². The zero-order valence-corrected chi connectivity index (χ0v) is 11.0. The van der Waals surface area contributed by atoms with Crippen molar-refractivity contribution in [3.05, 3.63) is 35.9 Å². The van der Waals surface area contributed by atoms with Crippen molar-refractivity contribution in [3.63, 3.8) is 0 Å². The Hall–Kier alpha value is -1.95. The summed E-state index contributed by atoms with van der Waals surface area (Å²) in [5.41, 5.74) is 7.38. The second-order valence-corrected chi connectivity index (χ2v) is 4.30. The van der Waals surface area contributed by atoms with Crippen molar-refractivity contribution in [2.24, 2.45) is 5.73 Å². The van der Waals surface area contributed by atoms with Crippen LogP contribution in [0.2, 0.25) is 0 Å². The molecule has 2 aromatic rings. The second kappa shape index (κ2) is 5.79. The fraction of sp³-hybridized carbons (Fsp3) is 0.385. The lowest BCUT2D eigenvalue weighted by atomic mass is 10.1. The molecule has 0 bridgehead atoms. The number of hydrogen-bond acceptors (Lipinski definition) is 4. The molecule has 2 rings (SSSR count). The zero-order chi connectivity index (χ0) is 13.8. The van der Waals surface area contributed by atoms with Crippen molar-refractivity contribution in [1.29, 1.82) is 0 Å². The van der Waals surface area contributed by atoms with Crippen LogP contribution in [0, 0.1) is 5.82 Å². The first-order chi connectivity index (χ1) is 9.15. The summed E-state index contributed by atoms with van der Waals surface area (Å²) in [6, 6.07) is 4.39. The number of nitrogens with two attached hydrogens (primary N) is 1. The Morgan fingerprint density at radius 1 is 1.47 bits per heavy atom. The van der Waals surface area contributed by atoms with Gasteiger partial charge in [0.2, 0.25) is 0 Å². The van der Waals surface area contributed by atoms with Gasteiger partial charge in [-0.1, -0.05) is 18.6 Å². The van der Waals surface area contributed by atoms with Crippen LogP contribution in [0.1, 0.15) is 31.5 Å². The highest BCUT2D eigenvalue weighted by Gasteiger charge is 2.11. The number of hydrogen-bond donors (Lipinski definition) is 1. The summed E-state index contributed by atoms with van der Waals surface area (Å²) in [4.78, 5) is 0. The van der Waals surface area contributed by atoms with Crippen molar-refractivity contribution < 1.29 is 9.13 Å². The predicted molar refractivity (Wildman–Crippen MR) is 69.7 cm³/mol. The van der Waals surface area contributed by atoms with Gasteiger partial charge in [-0.3, -0.25) is 0 Å². The van der Waals surface area contributed by atoms with Gasteiger partial charge in [0.1, 0.15) is 0 Å². The highest BCUT2D eigenvalue weighted by atomic mass is 19.1. The minimum absolute atomic E-state index is 0.124. The molecule has 0 aliphatic rings. The van der Waals surface area contributed by atoms with Crippen LogP contribution in [0.4, 0.5) is 4.39 Å². The van der Waals surface area contributed by atoms with E-state index in [-0.39, 0.29) is 11.8 Å². The lowest BCUT2D eigenvalue weighted by Crippen LogP contribution is -2.10. The average molecular weight is 264 g/mol. The largest absolute Gasteiger partial charge is 0.494 e. The predicted octanol–water partition coefficient (Wildman–Crippen LogP) is 2.21. The monoisotopic (exact) mass is 264 g/mol. The molecule has 0 spiro atoms. The van der Waals surface area contributed by atoms with E-state index in [1.54, 1.807) is 23.0 Å². The zero-order valence-electron chi connectivity index (χ0n) is 11.0. The number of methoxy groups -OCH3 is 1. The molecule has 0 aliphatic heterocycles. The van der Waals surface area contributed by atoms with Crippen LogP contribution >= 0.6 is 0 Å². The summed E-state index contributed by atoms with van der Waals surface area (Å²) >= 11 is 0. The number of nitrogens with zero attached hydrogens (tertiary/aromatic N) is 3. The van der Waals surface area contributed by atoms with Gasteiger partial charge in [-0.2, -0.15) is 0 Å². The van der Waals surface area contributed by atoms with Crippen LogP contribution in [-0.4, -0.2) is 22.1 Å². The van der Waals surface area contributed by atoms with Gasteiger partial charge in [0.05, 0.1) is 30.7 Å². The standard InChI is InChI=1S/C13H17FN4O/c1-3-4-11(15)12-8-18(17-16-12)9-5-6-10(14)13(7-9)19-2/h5-8,11H,3-4,15H2,1-2H3. The molecule has 1 heterocycles. The lowest BCUT2D eigenvalue weighted by molar-refractivity contribution is 0.386. The third kappa shape index (κ3) is 2.90. The Balaban J connectivity index is 2.27. The van der Waals surface area contributed by atoms with Crippen LogP contribution in [0.25, 0.3) is 5.69 Å². The highest BCUT2D eigenvalue weighted by molar-refractivity contribution is 5.39. The van der Waals surface area contributed by atoms with E-state index < -0.39 is 5.82 Å². The summed E-state index contributed by atoms with van der Waals surface area (Å²) in [5.74, 6) is -0.235. The summed E-state index contributed by atoms with van der Waals surface area (Å²) in [7, 11) is 1.42. The molecule has 1 aromatic carbocycles. The molecule has 1 atom stereocenters. The van der Waals surface area contributed by atoms with Gasteiger partial charge in [-0.15, -0.1) is 5.10 Å². The third-order valence-corrected chi connectivity index (χ3v) is 2.89. The molecule has 102 valence electrons. The molecule has 0 saturated carbocycles. The van der Waals surface area contributed by atoms with E-state index in [9.17, 15) is 4.39 Å². The maximum absolute atomic E-state index is 13.3. The van der Waals surface area contributed by atoms with E-state index in [4.69, 9.17) is 10.5 Å². The van der Waals surface area contributed by atoms with Crippen LogP contribution in [0.5, 0.6) is 5.75 Å². The molecule has 6 heteroatoms. The van der Waals surface area contributed by atoms with E-state index in [0.29, 0.717) is 5.69 Å². The van der Waals surface area contributed by atoms with Crippen molar-refractivity contribution in [2.45, 2.75) is 25.8 Å². The van der Waals surface area contributed by atoms with Crippen molar-refractivity contribution in [2.75, 3.05) is 7.11 Å². The summed E-state index contributed by atoms with van der Waals surface area (Å²) in [6.45, 7) is 2.06. The van der Waals surface area contributed by atoms with Crippen LogP contribution in [-0.2, 0) is 0 Å². The molecular weight excluding hydrogens is 247 g/mol. The molecule has 0 radical (unpaired) electrons. The fourth-order valence-corrected chi connectivity index (χ4v) is 1.82. The van der Waals surface area contributed by atoms with Crippen molar-refractivity contribution >= 4 is 0 Å². The van der Waals surface area contributed by atoms with Gasteiger partial charge in [0.25, 0.3) is 0 Å². The molecular formula is C13H17FN4O. The first-order valence-corrected chi connectivity index (χ1v) is 6.17. The Kier molecular flexibility index (Phi) is 4.11. The average Bonchev–Trinajstić information content (AvgIpc) is 2.89. The number of halogens is 1. The van der Waals surface area contributed by atoms with E-state index in [1.807, 2.05) is 0 Å². The van der Waals surface area contributed by atoms with Crippen molar-refractivity contribution in [3.8, 4) is 11.4 Å². The Morgan fingerprint density at radius 3 is 2.95 bits per heavy atom. The number of aromatic nitrogens is 3. The number of benzene rings is 1. The summed E-state index contributed by atoms with van der Waals surface area (Å²) in [6.07, 6.45) is 3.59. The minimum atomic E-state index is -0.408. The van der Waals surface area contributed by atoms with Gasteiger partial charge >= 0.3 is 0 Å². The maximum Gasteiger partial charge on any atom is 0.165 e. The summed E-state index contributed by atoms with van der Waals surface area (Å²) < 4.78 is 19.8. The second-order valence-electron chi connectivity index (χ2n) is 4.30. The van der Waals surface area contributed by atoms with Gasteiger partial charge in [-0.05, 0) is 18.6 Å². The van der Waals surface area contributed by atoms with E-state index in [2.05, 4.69) is 17.2 Å². The van der Waals surface area contributed by atoms with Gasteiger partial charge in [0.15, 0.2) is 11.6 Å². The Labute approximate surface area is 111 Å². The molecule has 5 nitrogen and oxygen atoms in total. The summed E-state index contributed by atoms with van der Waals surface area (Å²) in [5, 5.41) is 8.05. The topological polar surface area (TPSA) is 66.0 Å². The molecule has 19 heavy (non-hydrogen) atoms. The molecule has 0 amide bonds. The van der Waals surface area contributed by atoms with Crippen molar-refractivity contribution in [1.82, 2.24) is 15.0 Å². The van der Waals surface area contributed by atoms with E-state index in [0.717, 1.165) is 18.5 Å².